The summed E-state index contributed by atoms with van der Waals surface area (Å²) in [6.07, 6.45) is 3.26. The summed E-state index contributed by atoms with van der Waals surface area (Å²) in [5.41, 5.74) is 2.13. The molecule has 1 aromatic carbocycles. The van der Waals surface area contributed by atoms with Crippen molar-refractivity contribution in [3.8, 4) is 0 Å². The minimum atomic E-state index is -0.329. The molecule has 2 amide bonds. The number of nitrogens with zero attached hydrogens (tertiary/aromatic N) is 1. The van der Waals surface area contributed by atoms with E-state index in [2.05, 4.69) is 33.0 Å². The molecule has 0 saturated carbocycles. The summed E-state index contributed by atoms with van der Waals surface area (Å²) in [7, 11) is 2.02. The molecule has 0 aromatic heterocycles. The predicted octanol–water partition coefficient (Wildman–Crippen LogP) is 1.51. The zero-order valence-electron chi connectivity index (χ0n) is 13.9. The maximum Gasteiger partial charge on any atom is 0.249 e. The van der Waals surface area contributed by atoms with Gasteiger partial charge >= 0.3 is 0 Å². The smallest absolute Gasteiger partial charge is 0.249 e. The van der Waals surface area contributed by atoms with Gasteiger partial charge in [-0.1, -0.05) is 0 Å². The standard InChI is InChI=1S/C17H24N4O2.ClH/c1-18-12-8-10-21(11-9-12)14-4-2-13(3-5-14)19-15-6-7-16(22)20-17(15)23;/h2-5,12,15,18-19H,6-11H2,1H3,(H,20,22,23);1H. The van der Waals surface area contributed by atoms with Gasteiger partial charge in [-0.05, 0) is 50.6 Å². The number of hydrogen-bond donors (Lipinski definition) is 3. The van der Waals surface area contributed by atoms with Crippen LogP contribution in [0.15, 0.2) is 24.3 Å². The summed E-state index contributed by atoms with van der Waals surface area (Å²) < 4.78 is 0. The van der Waals surface area contributed by atoms with Crippen molar-refractivity contribution in [1.29, 1.82) is 0 Å². The second-order valence-electron chi connectivity index (χ2n) is 6.24. The molecule has 2 fully saturated rings. The topological polar surface area (TPSA) is 73.5 Å². The van der Waals surface area contributed by atoms with Crippen LogP contribution in [0.2, 0.25) is 0 Å². The zero-order valence-corrected chi connectivity index (χ0v) is 14.7. The van der Waals surface area contributed by atoms with Gasteiger partial charge < -0.3 is 15.5 Å². The number of hydrogen-bond acceptors (Lipinski definition) is 5. The molecule has 132 valence electrons. The Kier molecular flexibility index (Phi) is 6.45. The lowest BCUT2D eigenvalue weighted by molar-refractivity contribution is -0.133. The second-order valence-corrected chi connectivity index (χ2v) is 6.24. The Morgan fingerprint density at radius 2 is 1.75 bits per heavy atom. The number of carbonyl (C=O) groups excluding carboxylic acids is 2. The van der Waals surface area contributed by atoms with E-state index in [0.29, 0.717) is 18.9 Å². The minimum absolute atomic E-state index is 0. The number of benzene rings is 1. The molecular formula is C17H25ClN4O2. The van der Waals surface area contributed by atoms with Crippen molar-refractivity contribution in [3.05, 3.63) is 24.3 Å². The highest BCUT2D eigenvalue weighted by atomic mass is 35.5. The van der Waals surface area contributed by atoms with Crippen molar-refractivity contribution in [3.63, 3.8) is 0 Å². The third kappa shape index (κ3) is 4.39. The number of carbonyl (C=O) groups is 2. The van der Waals surface area contributed by atoms with Gasteiger partial charge in [-0.15, -0.1) is 12.4 Å². The summed E-state index contributed by atoms with van der Waals surface area (Å²) in [5.74, 6) is -0.423. The van der Waals surface area contributed by atoms with Crippen LogP contribution in [0, 0.1) is 0 Å². The number of anilines is 2. The lowest BCUT2D eigenvalue weighted by Gasteiger charge is -2.33. The lowest BCUT2D eigenvalue weighted by Crippen LogP contribution is -2.47. The Bertz CT molecular complexity index is 570. The van der Waals surface area contributed by atoms with Crippen LogP contribution in [0.4, 0.5) is 11.4 Å². The van der Waals surface area contributed by atoms with E-state index in [1.807, 2.05) is 19.2 Å². The summed E-state index contributed by atoms with van der Waals surface area (Å²) in [5, 5.41) is 8.91. The minimum Gasteiger partial charge on any atom is -0.374 e. The molecule has 24 heavy (non-hydrogen) atoms. The normalized spacial score (nSPS) is 21.9. The van der Waals surface area contributed by atoms with E-state index in [9.17, 15) is 9.59 Å². The third-order valence-electron chi connectivity index (χ3n) is 4.72. The summed E-state index contributed by atoms with van der Waals surface area (Å²) in [4.78, 5) is 25.3. The molecule has 0 bridgehead atoms. The second kappa shape index (κ2) is 8.35. The first-order valence-corrected chi connectivity index (χ1v) is 8.28. The molecule has 3 N–H and O–H groups in total. The first-order valence-electron chi connectivity index (χ1n) is 8.28. The van der Waals surface area contributed by atoms with Crippen molar-refractivity contribution >= 4 is 35.6 Å². The van der Waals surface area contributed by atoms with Gasteiger partial charge in [0.15, 0.2) is 0 Å². The van der Waals surface area contributed by atoms with Crippen LogP contribution in [0.1, 0.15) is 25.7 Å². The van der Waals surface area contributed by atoms with Crippen LogP contribution in [0.5, 0.6) is 0 Å². The fraction of sp³-hybridized carbons (Fsp3) is 0.529. The number of imide groups is 1. The van der Waals surface area contributed by atoms with E-state index in [1.165, 1.54) is 5.69 Å². The molecule has 6 nitrogen and oxygen atoms in total. The monoisotopic (exact) mass is 352 g/mol. The average molecular weight is 353 g/mol. The number of nitrogens with one attached hydrogen (secondary N) is 3. The predicted molar refractivity (Wildman–Crippen MR) is 97.8 cm³/mol. The van der Waals surface area contributed by atoms with E-state index in [1.54, 1.807) is 0 Å². The van der Waals surface area contributed by atoms with E-state index in [-0.39, 0.29) is 30.3 Å². The molecule has 0 aliphatic carbocycles. The summed E-state index contributed by atoms with van der Waals surface area (Å²) in [6.45, 7) is 2.12. The molecule has 0 radical (unpaired) electrons. The van der Waals surface area contributed by atoms with E-state index >= 15 is 0 Å². The molecule has 0 spiro atoms. The van der Waals surface area contributed by atoms with Gasteiger partial charge in [-0.2, -0.15) is 0 Å². The Morgan fingerprint density at radius 3 is 2.33 bits per heavy atom. The van der Waals surface area contributed by atoms with Gasteiger partial charge in [-0.3, -0.25) is 14.9 Å². The molecule has 7 heteroatoms. The van der Waals surface area contributed by atoms with Crippen molar-refractivity contribution in [2.75, 3.05) is 30.4 Å². The molecule has 2 aliphatic heterocycles. The Hall–Kier alpha value is -1.79. The van der Waals surface area contributed by atoms with Gasteiger partial charge in [0, 0.05) is 36.9 Å². The molecule has 2 saturated heterocycles. The van der Waals surface area contributed by atoms with Gasteiger partial charge in [0.2, 0.25) is 11.8 Å². The molecule has 1 unspecified atom stereocenters. The number of halogens is 1. The fourth-order valence-electron chi connectivity index (χ4n) is 3.23. The van der Waals surface area contributed by atoms with E-state index in [4.69, 9.17) is 0 Å². The number of rotatable bonds is 4. The average Bonchev–Trinajstić information content (AvgIpc) is 2.58. The molecule has 2 aliphatic rings. The Labute approximate surface area is 148 Å². The highest BCUT2D eigenvalue weighted by molar-refractivity contribution is 6.01. The maximum absolute atomic E-state index is 11.8. The molecular weight excluding hydrogens is 328 g/mol. The highest BCUT2D eigenvalue weighted by Gasteiger charge is 2.26. The number of piperidine rings is 2. The maximum atomic E-state index is 11.8. The van der Waals surface area contributed by atoms with Crippen molar-refractivity contribution < 1.29 is 9.59 Å². The lowest BCUT2D eigenvalue weighted by atomic mass is 10.0. The van der Waals surface area contributed by atoms with Crippen LogP contribution in [0.25, 0.3) is 0 Å². The SMILES string of the molecule is CNC1CCN(c2ccc(NC3CCC(=O)NC3=O)cc2)CC1.Cl. The van der Waals surface area contributed by atoms with Crippen LogP contribution in [-0.4, -0.2) is 44.0 Å². The highest BCUT2D eigenvalue weighted by Crippen LogP contribution is 2.23. The van der Waals surface area contributed by atoms with Crippen molar-refractivity contribution in [1.82, 2.24) is 10.6 Å². The van der Waals surface area contributed by atoms with Crippen molar-refractivity contribution in [2.45, 2.75) is 37.8 Å². The molecule has 1 atom stereocenters. The largest absolute Gasteiger partial charge is 0.374 e. The third-order valence-corrected chi connectivity index (χ3v) is 4.72. The van der Waals surface area contributed by atoms with Crippen molar-refractivity contribution in [2.24, 2.45) is 0 Å². The first kappa shape index (κ1) is 18.5. The first-order chi connectivity index (χ1) is 11.2. The van der Waals surface area contributed by atoms with Gasteiger partial charge in [0.1, 0.15) is 6.04 Å². The quantitative estimate of drug-likeness (QED) is 0.716. The van der Waals surface area contributed by atoms with Crippen LogP contribution in [-0.2, 0) is 9.59 Å². The molecule has 3 rings (SSSR count). The van der Waals surface area contributed by atoms with Gasteiger partial charge in [0.25, 0.3) is 0 Å². The van der Waals surface area contributed by atoms with Crippen LogP contribution >= 0.6 is 12.4 Å². The van der Waals surface area contributed by atoms with Crippen LogP contribution in [0.3, 0.4) is 0 Å². The van der Waals surface area contributed by atoms with Gasteiger partial charge in [-0.25, -0.2) is 0 Å². The number of amides is 2. The van der Waals surface area contributed by atoms with E-state index in [0.717, 1.165) is 31.6 Å². The van der Waals surface area contributed by atoms with Crippen LogP contribution < -0.4 is 20.9 Å². The molecule has 1 aromatic rings. The fourth-order valence-corrected chi connectivity index (χ4v) is 3.23. The van der Waals surface area contributed by atoms with Gasteiger partial charge in [0.05, 0.1) is 0 Å². The molecule has 2 heterocycles. The summed E-state index contributed by atoms with van der Waals surface area (Å²) >= 11 is 0. The van der Waals surface area contributed by atoms with E-state index < -0.39 is 0 Å². The summed E-state index contributed by atoms with van der Waals surface area (Å²) in [6, 6.07) is 8.48. The Morgan fingerprint density at radius 1 is 1.08 bits per heavy atom. The zero-order chi connectivity index (χ0) is 16.2. The Balaban J connectivity index is 0.00000208.